The third-order valence-corrected chi connectivity index (χ3v) is 4.25. The molecule has 1 N–H and O–H groups in total. The summed E-state index contributed by atoms with van der Waals surface area (Å²) in [7, 11) is 0. The fraction of sp³-hybridized carbons (Fsp3) is 0.278. The van der Waals surface area contributed by atoms with Gasteiger partial charge >= 0.3 is 0 Å². The molecule has 1 aliphatic heterocycles. The van der Waals surface area contributed by atoms with Crippen molar-refractivity contribution in [2.75, 3.05) is 13.2 Å². The number of benzene rings is 1. The first kappa shape index (κ1) is 14.2. The number of pyridine rings is 1. The minimum atomic E-state index is 0.0554. The summed E-state index contributed by atoms with van der Waals surface area (Å²) in [5, 5.41) is 13.7. The highest BCUT2D eigenvalue weighted by Crippen LogP contribution is 2.25. The second kappa shape index (κ2) is 6.02. The number of rotatable bonds is 3. The van der Waals surface area contributed by atoms with E-state index in [2.05, 4.69) is 28.2 Å². The lowest BCUT2D eigenvalue weighted by Gasteiger charge is -2.20. The van der Waals surface area contributed by atoms with Crippen LogP contribution in [0.1, 0.15) is 16.8 Å². The van der Waals surface area contributed by atoms with E-state index >= 15 is 0 Å². The number of nitrogens with zero attached hydrogens (tertiary/aromatic N) is 3. The van der Waals surface area contributed by atoms with Gasteiger partial charge in [0.1, 0.15) is 12.4 Å². The minimum absolute atomic E-state index is 0.0554. The summed E-state index contributed by atoms with van der Waals surface area (Å²) in [5.41, 5.74) is 4.32. The van der Waals surface area contributed by atoms with Crippen molar-refractivity contribution < 1.29 is 9.84 Å². The van der Waals surface area contributed by atoms with Crippen molar-refractivity contribution in [1.29, 1.82) is 0 Å². The highest BCUT2D eigenvalue weighted by Gasteiger charge is 2.17. The Hall–Kier alpha value is -2.37. The van der Waals surface area contributed by atoms with Gasteiger partial charge in [0.2, 0.25) is 0 Å². The van der Waals surface area contributed by atoms with Crippen molar-refractivity contribution >= 4 is 5.52 Å². The van der Waals surface area contributed by atoms with E-state index in [-0.39, 0.29) is 6.61 Å². The Bertz CT molecular complexity index is 828. The average molecular weight is 309 g/mol. The number of hydrogen-bond donors (Lipinski definition) is 1. The summed E-state index contributed by atoms with van der Waals surface area (Å²) in [6.07, 6.45) is 1.83. The molecule has 5 heteroatoms. The molecule has 2 aromatic heterocycles. The molecule has 3 aromatic rings. The van der Waals surface area contributed by atoms with E-state index in [0.717, 1.165) is 47.7 Å². The first-order valence-electron chi connectivity index (χ1n) is 7.83. The fourth-order valence-corrected chi connectivity index (χ4v) is 3.09. The maximum atomic E-state index is 9.34. The van der Waals surface area contributed by atoms with E-state index in [1.807, 2.05) is 35.0 Å². The van der Waals surface area contributed by atoms with Crippen LogP contribution in [0.5, 0.6) is 5.75 Å². The quantitative estimate of drug-likeness (QED) is 0.806. The molecule has 0 saturated carbocycles. The van der Waals surface area contributed by atoms with E-state index in [1.54, 1.807) is 0 Å². The summed E-state index contributed by atoms with van der Waals surface area (Å²) in [6, 6.07) is 14.2. The van der Waals surface area contributed by atoms with E-state index in [4.69, 9.17) is 4.74 Å². The van der Waals surface area contributed by atoms with E-state index in [9.17, 15) is 5.11 Å². The molecule has 0 spiro atoms. The molecule has 0 saturated heterocycles. The SMILES string of the molecule is OCc1ccc2c(c1)CN(Cc1cccc3ccnn13)CCO2. The summed E-state index contributed by atoms with van der Waals surface area (Å²) < 4.78 is 7.83. The molecule has 0 atom stereocenters. The molecule has 0 radical (unpaired) electrons. The van der Waals surface area contributed by atoms with Crippen LogP contribution in [0, 0.1) is 0 Å². The van der Waals surface area contributed by atoms with Crippen LogP contribution in [0.2, 0.25) is 0 Å². The van der Waals surface area contributed by atoms with Crippen LogP contribution in [0.15, 0.2) is 48.7 Å². The highest BCUT2D eigenvalue weighted by atomic mass is 16.5. The van der Waals surface area contributed by atoms with Gasteiger partial charge < -0.3 is 9.84 Å². The van der Waals surface area contributed by atoms with Gasteiger partial charge in [-0.25, -0.2) is 4.52 Å². The van der Waals surface area contributed by atoms with Crippen LogP contribution in [0.25, 0.3) is 5.52 Å². The Morgan fingerprint density at radius 1 is 1.17 bits per heavy atom. The van der Waals surface area contributed by atoms with Crippen LogP contribution in [-0.4, -0.2) is 32.8 Å². The van der Waals surface area contributed by atoms with Crippen molar-refractivity contribution in [1.82, 2.24) is 14.5 Å². The van der Waals surface area contributed by atoms with Crippen LogP contribution in [-0.2, 0) is 19.7 Å². The Morgan fingerprint density at radius 3 is 3.04 bits per heavy atom. The molecule has 0 fully saturated rings. The molecule has 118 valence electrons. The average Bonchev–Trinajstić information content (AvgIpc) is 2.97. The topological polar surface area (TPSA) is 50.0 Å². The number of hydrogen-bond acceptors (Lipinski definition) is 4. The lowest BCUT2D eigenvalue weighted by molar-refractivity contribution is 0.216. The number of aliphatic hydroxyl groups is 1. The maximum Gasteiger partial charge on any atom is 0.123 e. The van der Waals surface area contributed by atoms with Crippen molar-refractivity contribution in [2.24, 2.45) is 0 Å². The predicted octanol–water partition coefficient (Wildman–Crippen LogP) is 2.22. The molecule has 5 nitrogen and oxygen atoms in total. The fourth-order valence-electron chi connectivity index (χ4n) is 3.09. The monoisotopic (exact) mass is 309 g/mol. The first-order chi connectivity index (χ1) is 11.3. The van der Waals surface area contributed by atoms with Crippen molar-refractivity contribution in [3.05, 3.63) is 65.5 Å². The van der Waals surface area contributed by atoms with Crippen molar-refractivity contribution in [2.45, 2.75) is 19.7 Å². The van der Waals surface area contributed by atoms with E-state index in [0.29, 0.717) is 6.61 Å². The first-order valence-corrected chi connectivity index (χ1v) is 7.83. The molecule has 0 bridgehead atoms. The summed E-state index contributed by atoms with van der Waals surface area (Å²) >= 11 is 0. The summed E-state index contributed by atoms with van der Waals surface area (Å²) in [4.78, 5) is 2.35. The largest absolute Gasteiger partial charge is 0.492 e. The van der Waals surface area contributed by atoms with Gasteiger partial charge in [-0.05, 0) is 35.9 Å². The zero-order valence-electron chi connectivity index (χ0n) is 12.9. The zero-order chi connectivity index (χ0) is 15.6. The van der Waals surface area contributed by atoms with Crippen LogP contribution >= 0.6 is 0 Å². The van der Waals surface area contributed by atoms with Crippen LogP contribution in [0.4, 0.5) is 0 Å². The molecular weight excluding hydrogens is 290 g/mol. The highest BCUT2D eigenvalue weighted by molar-refractivity contribution is 5.46. The normalized spacial score (nSPS) is 15.2. The van der Waals surface area contributed by atoms with E-state index in [1.165, 1.54) is 0 Å². The molecule has 0 amide bonds. The molecule has 1 aliphatic rings. The molecule has 3 heterocycles. The van der Waals surface area contributed by atoms with Gasteiger partial charge in [-0.1, -0.05) is 12.1 Å². The number of fused-ring (bicyclic) bond motifs is 2. The molecule has 0 aliphatic carbocycles. The number of aliphatic hydroxyl groups excluding tert-OH is 1. The molecule has 0 unspecified atom stereocenters. The van der Waals surface area contributed by atoms with Gasteiger partial charge in [0, 0.05) is 31.4 Å². The molecule has 4 rings (SSSR count). The second-order valence-electron chi connectivity index (χ2n) is 5.84. The molecular formula is C18H19N3O2. The van der Waals surface area contributed by atoms with Crippen molar-refractivity contribution in [3.63, 3.8) is 0 Å². The van der Waals surface area contributed by atoms with Crippen LogP contribution in [0.3, 0.4) is 0 Å². The van der Waals surface area contributed by atoms with Gasteiger partial charge in [0.25, 0.3) is 0 Å². The summed E-state index contributed by atoms with van der Waals surface area (Å²) in [6.45, 7) is 3.20. The third kappa shape index (κ3) is 2.81. The van der Waals surface area contributed by atoms with Gasteiger partial charge in [-0.3, -0.25) is 4.90 Å². The number of ether oxygens (including phenoxy) is 1. The third-order valence-electron chi connectivity index (χ3n) is 4.25. The molecule has 1 aromatic carbocycles. The standard InChI is InChI=1S/C18H19N3O2/c22-13-14-4-5-18-15(10-14)11-20(8-9-23-18)12-17-3-1-2-16-6-7-19-21(16)17/h1-7,10,22H,8-9,11-13H2. The lowest BCUT2D eigenvalue weighted by Crippen LogP contribution is -2.26. The zero-order valence-corrected chi connectivity index (χ0v) is 12.9. The maximum absolute atomic E-state index is 9.34. The number of aromatic nitrogens is 2. The molecule has 23 heavy (non-hydrogen) atoms. The van der Waals surface area contributed by atoms with Gasteiger partial charge in [0.15, 0.2) is 0 Å². The Kier molecular flexibility index (Phi) is 3.73. The lowest BCUT2D eigenvalue weighted by atomic mass is 10.1. The Balaban J connectivity index is 1.61. The summed E-state index contributed by atoms with van der Waals surface area (Å²) in [5.74, 6) is 0.919. The minimum Gasteiger partial charge on any atom is -0.492 e. The van der Waals surface area contributed by atoms with Gasteiger partial charge in [-0.2, -0.15) is 5.10 Å². The van der Waals surface area contributed by atoms with Gasteiger partial charge in [0.05, 0.1) is 17.8 Å². The van der Waals surface area contributed by atoms with Crippen LogP contribution < -0.4 is 4.74 Å². The smallest absolute Gasteiger partial charge is 0.123 e. The Labute approximate surface area is 134 Å². The predicted molar refractivity (Wildman–Crippen MR) is 87.2 cm³/mol. The van der Waals surface area contributed by atoms with E-state index < -0.39 is 0 Å². The van der Waals surface area contributed by atoms with Gasteiger partial charge in [-0.15, -0.1) is 0 Å². The second-order valence-corrected chi connectivity index (χ2v) is 5.84. The van der Waals surface area contributed by atoms with Crippen molar-refractivity contribution in [3.8, 4) is 5.75 Å². The Morgan fingerprint density at radius 2 is 2.13 bits per heavy atom.